The molecule has 5 heteroatoms. The summed E-state index contributed by atoms with van der Waals surface area (Å²) < 4.78 is 0. The molecule has 106 valence electrons. The van der Waals surface area contributed by atoms with E-state index in [4.69, 9.17) is 0 Å². The van der Waals surface area contributed by atoms with E-state index in [1.165, 1.54) is 26.0 Å². The van der Waals surface area contributed by atoms with Gasteiger partial charge in [0.15, 0.2) is 0 Å². The van der Waals surface area contributed by atoms with Crippen molar-refractivity contribution in [3.05, 3.63) is 41.0 Å². The van der Waals surface area contributed by atoms with Crippen molar-refractivity contribution in [2.75, 3.05) is 0 Å². The second kappa shape index (κ2) is 4.85. The maximum atomic E-state index is 12.0. The lowest BCUT2D eigenvalue weighted by molar-refractivity contribution is -0.112. The number of ketones is 2. The fourth-order valence-corrected chi connectivity index (χ4v) is 2.05. The van der Waals surface area contributed by atoms with E-state index in [0.717, 1.165) is 0 Å². The highest BCUT2D eigenvalue weighted by molar-refractivity contribution is 6.52. The third-order valence-corrected chi connectivity index (χ3v) is 3.41. The SMILES string of the molecule is CC(C)(O)C(O)CC1=C(O)c2ccccc2C(=O)C1=O. The summed E-state index contributed by atoms with van der Waals surface area (Å²) in [6.45, 7) is 2.77. The van der Waals surface area contributed by atoms with Crippen LogP contribution in [0.25, 0.3) is 5.76 Å². The smallest absolute Gasteiger partial charge is 0.234 e. The van der Waals surface area contributed by atoms with Gasteiger partial charge in [-0.3, -0.25) is 9.59 Å². The molecule has 1 aromatic rings. The lowest BCUT2D eigenvalue weighted by Gasteiger charge is -2.26. The number of aliphatic hydroxyl groups is 3. The summed E-state index contributed by atoms with van der Waals surface area (Å²) in [5.41, 5.74) is -1.18. The van der Waals surface area contributed by atoms with Crippen molar-refractivity contribution in [1.29, 1.82) is 0 Å². The third-order valence-electron chi connectivity index (χ3n) is 3.41. The summed E-state index contributed by atoms with van der Waals surface area (Å²) in [5, 5.41) is 29.7. The Kier molecular flexibility index (Phi) is 3.50. The van der Waals surface area contributed by atoms with Crippen LogP contribution in [0.15, 0.2) is 29.8 Å². The number of aliphatic hydroxyl groups excluding tert-OH is 2. The summed E-state index contributed by atoms with van der Waals surface area (Å²) in [5.74, 6) is -1.87. The van der Waals surface area contributed by atoms with Crippen LogP contribution in [0.3, 0.4) is 0 Å². The molecule has 0 saturated heterocycles. The van der Waals surface area contributed by atoms with E-state index in [1.807, 2.05) is 0 Å². The van der Waals surface area contributed by atoms with Crippen molar-refractivity contribution in [1.82, 2.24) is 0 Å². The first-order chi connectivity index (χ1) is 9.23. The van der Waals surface area contributed by atoms with E-state index >= 15 is 0 Å². The molecule has 20 heavy (non-hydrogen) atoms. The second-order valence-corrected chi connectivity index (χ2v) is 5.40. The van der Waals surface area contributed by atoms with Gasteiger partial charge in [-0.2, -0.15) is 0 Å². The lowest BCUT2D eigenvalue weighted by atomic mass is 9.84. The average molecular weight is 276 g/mol. The number of hydrogen-bond donors (Lipinski definition) is 3. The zero-order valence-corrected chi connectivity index (χ0v) is 11.3. The van der Waals surface area contributed by atoms with Gasteiger partial charge in [0, 0.05) is 23.1 Å². The molecule has 0 fully saturated rings. The van der Waals surface area contributed by atoms with Gasteiger partial charge in [-0.1, -0.05) is 24.3 Å². The molecule has 0 spiro atoms. The largest absolute Gasteiger partial charge is 0.507 e. The summed E-state index contributed by atoms with van der Waals surface area (Å²) in [6.07, 6.45) is -1.55. The van der Waals surface area contributed by atoms with Crippen molar-refractivity contribution in [2.45, 2.75) is 32.0 Å². The predicted octanol–water partition coefficient (Wildman–Crippen LogP) is 1.24. The van der Waals surface area contributed by atoms with Crippen LogP contribution >= 0.6 is 0 Å². The van der Waals surface area contributed by atoms with Crippen molar-refractivity contribution in [3.63, 3.8) is 0 Å². The topological polar surface area (TPSA) is 94.8 Å². The van der Waals surface area contributed by atoms with Gasteiger partial charge in [0.2, 0.25) is 11.6 Å². The highest BCUT2D eigenvalue weighted by Gasteiger charge is 2.36. The molecule has 2 rings (SSSR count). The van der Waals surface area contributed by atoms with Crippen LogP contribution in [-0.2, 0) is 4.79 Å². The molecule has 1 atom stereocenters. The Morgan fingerprint density at radius 3 is 2.20 bits per heavy atom. The lowest BCUT2D eigenvalue weighted by Crippen LogP contribution is -2.38. The molecular weight excluding hydrogens is 260 g/mol. The average Bonchev–Trinajstić information content (AvgIpc) is 2.39. The first kappa shape index (κ1) is 14.4. The normalized spacial score (nSPS) is 17.2. The van der Waals surface area contributed by atoms with Crippen LogP contribution in [0.2, 0.25) is 0 Å². The van der Waals surface area contributed by atoms with E-state index in [9.17, 15) is 24.9 Å². The number of carbonyl (C=O) groups is 2. The number of fused-ring (bicyclic) bond motifs is 1. The van der Waals surface area contributed by atoms with Crippen LogP contribution < -0.4 is 0 Å². The fraction of sp³-hybridized carbons (Fsp3) is 0.333. The first-order valence-corrected chi connectivity index (χ1v) is 6.24. The second-order valence-electron chi connectivity index (χ2n) is 5.40. The molecule has 3 N–H and O–H groups in total. The van der Waals surface area contributed by atoms with Crippen LogP contribution in [0.1, 0.15) is 36.2 Å². The Bertz CT molecular complexity index is 607. The molecule has 1 aliphatic carbocycles. The van der Waals surface area contributed by atoms with Crippen molar-refractivity contribution in [3.8, 4) is 0 Å². The quantitative estimate of drug-likeness (QED) is 0.722. The van der Waals surface area contributed by atoms with E-state index in [2.05, 4.69) is 0 Å². The molecule has 0 saturated carbocycles. The van der Waals surface area contributed by atoms with Crippen LogP contribution in [0.4, 0.5) is 0 Å². The van der Waals surface area contributed by atoms with Gasteiger partial charge in [-0.25, -0.2) is 0 Å². The number of rotatable bonds is 3. The fourth-order valence-electron chi connectivity index (χ4n) is 2.05. The predicted molar refractivity (Wildman–Crippen MR) is 72.2 cm³/mol. The molecule has 0 bridgehead atoms. The molecule has 1 aromatic carbocycles. The minimum Gasteiger partial charge on any atom is -0.507 e. The number of hydrogen-bond acceptors (Lipinski definition) is 5. The maximum absolute atomic E-state index is 12.0. The number of benzene rings is 1. The van der Waals surface area contributed by atoms with Crippen LogP contribution in [-0.4, -0.2) is 38.6 Å². The molecule has 0 amide bonds. The summed E-state index contributed by atoms with van der Waals surface area (Å²) in [4.78, 5) is 24.0. The summed E-state index contributed by atoms with van der Waals surface area (Å²) >= 11 is 0. The van der Waals surface area contributed by atoms with E-state index in [1.54, 1.807) is 12.1 Å². The molecule has 0 aliphatic heterocycles. The van der Waals surface area contributed by atoms with E-state index in [0.29, 0.717) is 0 Å². The van der Waals surface area contributed by atoms with Crippen LogP contribution in [0.5, 0.6) is 0 Å². The Morgan fingerprint density at radius 1 is 1.10 bits per heavy atom. The van der Waals surface area contributed by atoms with E-state index in [-0.39, 0.29) is 28.9 Å². The number of Topliss-reactive ketones (excluding diaryl/α,β-unsaturated/α-hetero) is 2. The monoisotopic (exact) mass is 276 g/mol. The Labute approximate surface area is 116 Å². The van der Waals surface area contributed by atoms with Gasteiger partial charge in [0.1, 0.15) is 5.76 Å². The standard InChI is InChI=1S/C15H16O5/c1-15(2,20)11(16)7-10-12(17)8-5-3-4-6-9(8)13(18)14(10)19/h3-6,11,16-17,20H,7H2,1-2H3. The Balaban J connectivity index is 2.47. The Hall–Kier alpha value is -1.98. The third kappa shape index (κ3) is 2.37. The van der Waals surface area contributed by atoms with Gasteiger partial charge in [0.05, 0.1) is 11.7 Å². The zero-order valence-electron chi connectivity index (χ0n) is 11.3. The number of carbonyl (C=O) groups excluding carboxylic acids is 2. The summed E-state index contributed by atoms with van der Waals surface area (Å²) in [6, 6.07) is 6.25. The molecule has 1 aliphatic rings. The van der Waals surface area contributed by atoms with Crippen molar-refractivity contribution < 1.29 is 24.9 Å². The van der Waals surface area contributed by atoms with Gasteiger partial charge in [-0.15, -0.1) is 0 Å². The molecular formula is C15H16O5. The molecule has 5 nitrogen and oxygen atoms in total. The van der Waals surface area contributed by atoms with Gasteiger partial charge in [0.25, 0.3) is 0 Å². The van der Waals surface area contributed by atoms with Gasteiger partial charge in [-0.05, 0) is 13.8 Å². The van der Waals surface area contributed by atoms with E-state index < -0.39 is 23.3 Å². The molecule has 0 aromatic heterocycles. The van der Waals surface area contributed by atoms with Crippen LogP contribution in [0, 0.1) is 0 Å². The molecule has 1 unspecified atom stereocenters. The zero-order chi connectivity index (χ0) is 15.1. The van der Waals surface area contributed by atoms with Crippen molar-refractivity contribution >= 4 is 17.3 Å². The van der Waals surface area contributed by atoms with Crippen molar-refractivity contribution in [2.24, 2.45) is 0 Å². The van der Waals surface area contributed by atoms with Gasteiger partial charge >= 0.3 is 0 Å². The highest BCUT2D eigenvalue weighted by atomic mass is 16.3. The molecule has 0 heterocycles. The minimum absolute atomic E-state index is 0.150. The molecule has 0 radical (unpaired) electrons. The highest BCUT2D eigenvalue weighted by Crippen LogP contribution is 2.31. The summed E-state index contributed by atoms with van der Waals surface area (Å²) in [7, 11) is 0. The minimum atomic E-state index is -1.44. The maximum Gasteiger partial charge on any atom is 0.234 e. The first-order valence-electron chi connectivity index (χ1n) is 6.24. The van der Waals surface area contributed by atoms with Gasteiger partial charge < -0.3 is 15.3 Å². The Morgan fingerprint density at radius 2 is 1.65 bits per heavy atom.